The number of carbonyl (C=O) groups is 2. The van der Waals surface area contributed by atoms with Gasteiger partial charge in [0.05, 0.1) is 7.11 Å². The van der Waals surface area contributed by atoms with Crippen molar-refractivity contribution in [1.82, 2.24) is 5.32 Å². The molecule has 2 rings (SSSR count). The van der Waals surface area contributed by atoms with Gasteiger partial charge in [-0.05, 0) is 48.0 Å². The van der Waals surface area contributed by atoms with Gasteiger partial charge in [-0.3, -0.25) is 9.59 Å². The SMILES string of the molecule is C=CCNC(=O)/C(C#N)=C/c1cccc(NC(=O)c2ccc(OC)cc2)c1. The summed E-state index contributed by atoms with van der Waals surface area (Å²) < 4.78 is 5.07. The average Bonchev–Trinajstić information content (AvgIpc) is 2.70. The van der Waals surface area contributed by atoms with Gasteiger partial charge in [-0.1, -0.05) is 18.2 Å². The van der Waals surface area contributed by atoms with Crippen LogP contribution in [0.15, 0.2) is 66.8 Å². The lowest BCUT2D eigenvalue weighted by Crippen LogP contribution is -2.24. The Bertz CT molecular complexity index is 909. The normalized spacial score (nSPS) is 10.4. The van der Waals surface area contributed by atoms with E-state index >= 15 is 0 Å². The zero-order chi connectivity index (χ0) is 19.6. The number of hydrogen-bond acceptors (Lipinski definition) is 4. The van der Waals surface area contributed by atoms with Crippen molar-refractivity contribution in [2.75, 3.05) is 19.0 Å². The molecule has 0 saturated heterocycles. The Morgan fingerprint density at radius 1 is 1.22 bits per heavy atom. The van der Waals surface area contributed by atoms with E-state index in [9.17, 15) is 14.9 Å². The first-order valence-electron chi connectivity index (χ1n) is 8.13. The van der Waals surface area contributed by atoms with Crippen LogP contribution in [0, 0.1) is 11.3 Å². The molecule has 0 saturated carbocycles. The molecular formula is C21H19N3O3. The number of nitrogens with zero attached hydrogens (tertiary/aromatic N) is 1. The van der Waals surface area contributed by atoms with Gasteiger partial charge in [-0.15, -0.1) is 6.58 Å². The van der Waals surface area contributed by atoms with Crippen molar-refractivity contribution in [3.8, 4) is 11.8 Å². The molecule has 0 radical (unpaired) electrons. The van der Waals surface area contributed by atoms with E-state index in [2.05, 4.69) is 17.2 Å². The topological polar surface area (TPSA) is 91.2 Å². The van der Waals surface area contributed by atoms with Crippen LogP contribution >= 0.6 is 0 Å². The van der Waals surface area contributed by atoms with Crippen molar-refractivity contribution in [3.63, 3.8) is 0 Å². The molecule has 0 aliphatic carbocycles. The molecule has 0 fully saturated rings. The predicted molar refractivity (Wildman–Crippen MR) is 104 cm³/mol. The van der Waals surface area contributed by atoms with Crippen LogP contribution in [0.5, 0.6) is 5.75 Å². The highest BCUT2D eigenvalue weighted by molar-refractivity contribution is 6.05. The van der Waals surface area contributed by atoms with Crippen LogP contribution in [-0.4, -0.2) is 25.5 Å². The third kappa shape index (κ3) is 5.58. The second-order valence-electron chi connectivity index (χ2n) is 5.48. The number of methoxy groups -OCH3 is 1. The summed E-state index contributed by atoms with van der Waals surface area (Å²) in [7, 11) is 1.56. The fourth-order valence-corrected chi connectivity index (χ4v) is 2.23. The Hall–Kier alpha value is -3.85. The summed E-state index contributed by atoms with van der Waals surface area (Å²) in [6.07, 6.45) is 2.99. The van der Waals surface area contributed by atoms with Crippen molar-refractivity contribution in [3.05, 3.63) is 77.9 Å². The Labute approximate surface area is 157 Å². The van der Waals surface area contributed by atoms with E-state index in [4.69, 9.17) is 4.74 Å². The maximum Gasteiger partial charge on any atom is 0.262 e. The van der Waals surface area contributed by atoms with E-state index in [0.717, 1.165) is 0 Å². The molecule has 0 aliphatic rings. The maximum atomic E-state index is 12.3. The van der Waals surface area contributed by atoms with Gasteiger partial charge in [-0.2, -0.15) is 5.26 Å². The van der Waals surface area contributed by atoms with Crippen molar-refractivity contribution in [2.24, 2.45) is 0 Å². The highest BCUT2D eigenvalue weighted by Crippen LogP contribution is 2.16. The molecule has 0 spiro atoms. The van der Waals surface area contributed by atoms with E-state index in [1.165, 1.54) is 12.2 Å². The number of nitriles is 1. The minimum absolute atomic E-state index is 0.0320. The summed E-state index contributed by atoms with van der Waals surface area (Å²) in [5, 5.41) is 14.5. The lowest BCUT2D eigenvalue weighted by atomic mass is 10.1. The minimum Gasteiger partial charge on any atom is -0.497 e. The van der Waals surface area contributed by atoms with Crippen molar-refractivity contribution in [2.45, 2.75) is 0 Å². The fourth-order valence-electron chi connectivity index (χ4n) is 2.23. The zero-order valence-corrected chi connectivity index (χ0v) is 14.9. The van der Waals surface area contributed by atoms with Crippen molar-refractivity contribution < 1.29 is 14.3 Å². The first kappa shape index (κ1) is 19.5. The summed E-state index contributed by atoms with van der Waals surface area (Å²) in [5.41, 5.74) is 1.62. The second kappa shape index (κ2) is 9.59. The van der Waals surface area contributed by atoms with Gasteiger partial charge in [0.15, 0.2) is 0 Å². The van der Waals surface area contributed by atoms with Gasteiger partial charge < -0.3 is 15.4 Å². The van der Waals surface area contributed by atoms with Crippen molar-refractivity contribution >= 4 is 23.6 Å². The van der Waals surface area contributed by atoms with E-state index in [0.29, 0.717) is 22.6 Å². The van der Waals surface area contributed by atoms with Crippen LogP contribution in [0.2, 0.25) is 0 Å². The number of nitrogens with one attached hydrogen (secondary N) is 2. The number of benzene rings is 2. The predicted octanol–water partition coefficient (Wildman–Crippen LogP) is 3.16. The molecular weight excluding hydrogens is 342 g/mol. The van der Waals surface area contributed by atoms with Gasteiger partial charge in [0.2, 0.25) is 0 Å². The molecule has 0 bridgehead atoms. The number of carbonyl (C=O) groups excluding carboxylic acids is 2. The summed E-state index contributed by atoms with van der Waals surface area (Å²) >= 11 is 0. The lowest BCUT2D eigenvalue weighted by Gasteiger charge is -2.07. The highest BCUT2D eigenvalue weighted by Gasteiger charge is 2.09. The third-order valence-electron chi connectivity index (χ3n) is 3.58. The number of anilines is 1. The van der Waals surface area contributed by atoms with Crippen LogP contribution in [0.1, 0.15) is 15.9 Å². The standard InChI is InChI=1S/C21H19N3O3/c1-3-11-23-20(25)17(14-22)12-15-5-4-6-18(13-15)24-21(26)16-7-9-19(27-2)10-8-16/h3-10,12-13H,1,11H2,2H3,(H,23,25)(H,24,26)/b17-12+. The van der Waals surface area contributed by atoms with Crippen molar-refractivity contribution in [1.29, 1.82) is 5.26 Å². The van der Waals surface area contributed by atoms with E-state index < -0.39 is 5.91 Å². The third-order valence-corrected chi connectivity index (χ3v) is 3.58. The zero-order valence-electron chi connectivity index (χ0n) is 14.9. The van der Waals surface area contributed by atoms with Gasteiger partial charge in [0.25, 0.3) is 11.8 Å². The Morgan fingerprint density at radius 3 is 2.59 bits per heavy atom. The molecule has 0 aromatic heterocycles. The van der Waals surface area contributed by atoms with E-state index in [1.54, 1.807) is 55.6 Å². The molecule has 0 unspecified atom stereocenters. The van der Waals surface area contributed by atoms with Gasteiger partial charge in [-0.25, -0.2) is 0 Å². The van der Waals surface area contributed by atoms with Crippen LogP contribution in [0.25, 0.3) is 6.08 Å². The van der Waals surface area contributed by atoms with Gasteiger partial charge >= 0.3 is 0 Å². The molecule has 27 heavy (non-hydrogen) atoms. The monoisotopic (exact) mass is 361 g/mol. The van der Waals surface area contributed by atoms with E-state index in [-0.39, 0.29) is 18.0 Å². The number of ether oxygens (including phenoxy) is 1. The molecule has 6 heteroatoms. The molecule has 0 heterocycles. The highest BCUT2D eigenvalue weighted by atomic mass is 16.5. The fraction of sp³-hybridized carbons (Fsp3) is 0.0952. The molecule has 2 aromatic carbocycles. The smallest absolute Gasteiger partial charge is 0.262 e. The Morgan fingerprint density at radius 2 is 1.96 bits per heavy atom. The second-order valence-corrected chi connectivity index (χ2v) is 5.48. The van der Waals surface area contributed by atoms with E-state index in [1.807, 2.05) is 6.07 Å². The molecule has 136 valence electrons. The summed E-state index contributed by atoms with van der Waals surface area (Å²) in [6, 6.07) is 15.5. The average molecular weight is 361 g/mol. The van der Waals surface area contributed by atoms with Gasteiger partial charge in [0, 0.05) is 17.8 Å². The number of amides is 2. The molecule has 6 nitrogen and oxygen atoms in total. The molecule has 0 atom stereocenters. The number of hydrogen-bond donors (Lipinski definition) is 2. The quantitative estimate of drug-likeness (QED) is 0.450. The summed E-state index contributed by atoms with van der Waals surface area (Å²) in [6.45, 7) is 3.78. The number of rotatable bonds is 7. The van der Waals surface area contributed by atoms with Gasteiger partial charge in [0.1, 0.15) is 17.4 Å². The van der Waals surface area contributed by atoms with Crippen LogP contribution in [0.4, 0.5) is 5.69 Å². The first-order chi connectivity index (χ1) is 13.1. The van der Waals surface area contributed by atoms with Crippen LogP contribution < -0.4 is 15.4 Å². The Balaban J connectivity index is 2.15. The molecule has 2 amide bonds. The molecule has 2 aromatic rings. The maximum absolute atomic E-state index is 12.3. The minimum atomic E-state index is -0.481. The van der Waals surface area contributed by atoms with Crippen LogP contribution in [0.3, 0.4) is 0 Å². The van der Waals surface area contributed by atoms with Crippen LogP contribution in [-0.2, 0) is 4.79 Å². The largest absolute Gasteiger partial charge is 0.497 e. The summed E-state index contributed by atoms with van der Waals surface area (Å²) in [4.78, 5) is 24.2. The molecule has 0 aliphatic heterocycles. The first-order valence-corrected chi connectivity index (χ1v) is 8.13. The lowest BCUT2D eigenvalue weighted by molar-refractivity contribution is -0.116. The molecule has 2 N–H and O–H groups in total. The Kier molecular flexibility index (Phi) is 6.91. The summed E-state index contributed by atoms with van der Waals surface area (Å²) in [5.74, 6) is -0.0921.